The van der Waals surface area contributed by atoms with Crippen molar-refractivity contribution in [2.24, 2.45) is 0 Å². The maximum Gasteiger partial charge on any atom is 0.272 e. The third-order valence-corrected chi connectivity index (χ3v) is 3.84. The van der Waals surface area contributed by atoms with E-state index in [2.05, 4.69) is 10.6 Å². The minimum atomic E-state index is -0.655. The summed E-state index contributed by atoms with van der Waals surface area (Å²) in [6.07, 6.45) is 1.26. The van der Waals surface area contributed by atoms with E-state index in [0.29, 0.717) is 11.3 Å². The van der Waals surface area contributed by atoms with E-state index in [1.54, 1.807) is 48.5 Å². The SMILES string of the molecule is O=C(Nc1cccc(O)c1)C(=Cc1ccccc1F)NC(=O)c1ccccc1. The molecule has 2 amide bonds. The van der Waals surface area contributed by atoms with Crippen molar-refractivity contribution in [1.82, 2.24) is 5.32 Å². The van der Waals surface area contributed by atoms with E-state index in [-0.39, 0.29) is 17.0 Å². The van der Waals surface area contributed by atoms with Crippen LogP contribution in [0.25, 0.3) is 6.08 Å². The lowest BCUT2D eigenvalue weighted by atomic mass is 10.1. The molecule has 5 nitrogen and oxygen atoms in total. The number of benzene rings is 3. The van der Waals surface area contributed by atoms with Gasteiger partial charge in [0.05, 0.1) is 0 Å². The van der Waals surface area contributed by atoms with Crippen molar-refractivity contribution in [3.05, 3.63) is 102 Å². The van der Waals surface area contributed by atoms with Crippen LogP contribution in [0.3, 0.4) is 0 Å². The van der Waals surface area contributed by atoms with E-state index in [9.17, 15) is 19.1 Å². The maximum atomic E-state index is 14.0. The first-order valence-corrected chi connectivity index (χ1v) is 8.46. The average molecular weight is 376 g/mol. The third kappa shape index (κ3) is 4.82. The maximum absolute atomic E-state index is 14.0. The molecule has 6 heteroatoms. The predicted molar refractivity (Wildman–Crippen MR) is 105 cm³/mol. The van der Waals surface area contributed by atoms with Crippen LogP contribution in [0.2, 0.25) is 0 Å². The van der Waals surface area contributed by atoms with Crippen LogP contribution < -0.4 is 10.6 Å². The van der Waals surface area contributed by atoms with Gasteiger partial charge in [-0.3, -0.25) is 9.59 Å². The molecule has 0 aliphatic rings. The Hall–Kier alpha value is -3.93. The van der Waals surface area contributed by atoms with E-state index < -0.39 is 17.6 Å². The summed E-state index contributed by atoms with van der Waals surface area (Å²) in [6.45, 7) is 0. The van der Waals surface area contributed by atoms with Gasteiger partial charge in [-0.1, -0.05) is 42.5 Å². The Labute approximate surface area is 161 Å². The molecule has 0 aromatic heterocycles. The molecule has 3 aromatic carbocycles. The predicted octanol–water partition coefficient (Wildman–Crippen LogP) is 3.94. The van der Waals surface area contributed by atoms with E-state index in [0.717, 1.165) is 0 Å². The Kier molecular flexibility index (Phi) is 5.81. The summed E-state index contributed by atoms with van der Waals surface area (Å²) in [5.41, 5.74) is 0.699. The summed E-state index contributed by atoms with van der Waals surface area (Å²) in [6, 6.07) is 20.2. The summed E-state index contributed by atoms with van der Waals surface area (Å²) in [5.74, 6) is -1.71. The number of nitrogens with one attached hydrogen (secondary N) is 2. The molecule has 0 radical (unpaired) electrons. The van der Waals surface area contributed by atoms with Gasteiger partial charge in [0.15, 0.2) is 0 Å². The van der Waals surface area contributed by atoms with Crippen LogP contribution in [-0.4, -0.2) is 16.9 Å². The number of aromatic hydroxyl groups is 1. The lowest BCUT2D eigenvalue weighted by molar-refractivity contribution is -0.113. The molecule has 0 heterocycles. The fourth-order valence-electron chi connectivity index (χ4n) is 2.47. The molecule has 0 aliphatic heterocycles. The van der Waals surface area contributed by atoms with Gasteiger partial charge in [0.25, 0.3) is 11.8 Å². The molecule has 0 unspecified atom stereocenters. The van der Waals surface area contributed by atoms with Crippen molar-refractivity contribution < 1.29 is 19.1 Å². The minimum Gasteiger partial charge on any atom is -0.508 e. The normalized spacial score (nSPS) is 11.0. The van der Waals surface area contributed by atoms with E-state index in [4.69, 9.17) is 0 Å². The number of hydrogen-bond donors (Lipinski definition) is 3. The molecule has 0 saturated heterocycles. The lowest BCUT2D eigenvalue weighted by Gasteiger charge is -2.12. The number of anilines is 1. The van der Waals surface area contributed by atoms with Crippen LogP contribution in [0, 0.1) is 5.82 Å². The molecule has 28 heavy (non-hydrogen) atoms. The van der Waals surface area contributed by atoms with Crippen LogP contribution >= 0.6 is 0 Å². The number of hydrogen-bond acceptors (Lipinski definition) is 3. The number of phenolic OH excluding ortho intramolecular Hbond substituents is 1. The van der Waals surface area contributed by atoms with Gasteiger partial charge in [-0.05, 0) is 36.4 Å². The molecule has 3 N–H and O–H groups in total. The van der Waals surface area contributed by atoms with E-state index in [1.165, 1.54) is 36.4 Å². The second-order valence-electron chi connectivity index (χ2n) is 5.90. The zero-order valence-electron chi connectivity index (χ0n) is 14.7. The topological polar surface area (TPSA) is 78.4 Å². The average Bonchev–Trinajstić information content (AvgIpc) is 2.69. The van der Waals surface area contributed by atoms with Crippen LogP contribution in [0.1, 0.15) is 15.9 Å². The summed E-state index contributed by atoms with van der Waals surface area (Å²) in [4.78, 5) is 25.2. The molecule has 0 bridgehead atoms. The molecule has 0 saturated carbocycles. The van der Waals surface area contributed by atoms with E-state index in [1.807, 2.05) is 0 Å². The van der Waals surface area contributed by atoms with Crippen molar-refractivity contribution in [1.29, 1.82) is 0 Å². The van der Waals surface area contributed by atoms with E-state index >= 15 is 0 Å². The van der Waals surface area contributed by atoms with Crippen LogP contribution in [-0.2, 0) is 4.79 Å². The second kappa shape index (κ2) is 8.64. The van der Waals surface area contributed by atoms with Gasteiger partial charge < -0.3 is 15.7 Å². The van der Waals surface area contributed by atoms with Gasteiger partial charge in [-0.2, -0.15) is 0 Å². The summed E-state index contributed by atoms with van der Waals surface area (Å²) >= 11 is 0. The summed E-state index contributed by atoms with van der Waals surface area (Å²) in [7, 11) is 0. The molecule has 0 aliphatic carbocycles. The largest absolute Gasteiger partial charge is 0.508 e. The fourth-order valence-corrected chi connectivity index (χ4v) is 2.47. The summed E-state index contributed by atoms with van der Waals surface area (Å²) in [5, 5.41) is 14.6. The highest BCUT2D eigenvalue weighted by Crippen LogP contribution is 2.17. The van der Waals surface area contributed by atoms with Gasteiger partial charge in [-0.15, -0.1) is 0 Å². The number of phenols is 1. The minimum absolute atomic E-state index is 0.0224. The molecular formula is C22H17FN2O3. The van der Waals surface area contributed by atoms with Crippen molar-refractivity contribution in [2.75, 3.05) is 5.32 Å². The third-order valence-electron chi connectivity index (χ3n) is 3.84. The smallest absolute Gasteiger partial charge is 0.272 e. The van der Waals surface area contributed by atoms with Crippen molar-refractivity contribution in [3.8, 4) is 5.75 Å². The first-order chi connectivity index (χ1) is 13.5. The Balaban J connectivity index is 1.91. The molecular weight excluding hydrogens is 359 g/mol. The first-order valence-electron chi connectivity index (χ1n) is 8.46. The molecule has 3 rings (SSSR count). The lowest BCUT2D eigenvalue weighted by Crippen LogP contribution is -2.30. The molecule has 140 valence electrons. The van der Waals surface area contributed by atoms with Crippen LogP contribution in [0.15, 0.2) is 84.6 Å². The Morgan fingerprint density at radius 3 is 2.32 bits per heavy atom. The molecule has 0 spiro atoms. The summed E-state index contributed by atoms with van der Waals surface area (Å²) < 4.78 is 14.0. The van der Waals surface area contributed by atoms with Crippen molar-refractivity contribution in [3.63, 3.8) is 0 Å². The van der Waals surface area contributed by atoms with Crippen LogP contribution in [0.5, 0.6) is 5.75 Å². The zero-order valence-corrected chi connectivity index (χ0v) is 14.7. The first kappa shape index (κ1) is 18.8. The Bertz CT molecular complexity index is 1030. The zero-order chi connectivity index (χ0) is 19.9. The molecule has 3 aromatic rings. The second-order valence-corrected chi connectivity index (χ2v) is 5.90. The monoisotopic (exact) mass is 376 g/mol. The highest BCUT2D eigenvalue weighted by molar-refractivity contribution is 6.10. The highest BCUT2D eigenvalue weighted by atomic mass is 19.1. The number of carbonyl (C=O) groups excluding carboxylic acids is 2. The number of carbonyl (C=O) groups is 2. The highest BCUT2D eigenvalue weighted by Gasteiger charge is 2.16. The van der Waals surface area contributed by atoms with Crippen molar-refractivity contribution in [2.45, 2.75) is 0 Å². The number of amides is 2. The van der Waals surface area contributed by atoms with Gasteiger partial charge in [-0.25, -0.2) is 4.39 Å². The standard InChI is InChI=1S/C22H17FN2O3/c23-19-12-5-4-9-16(19)13-20(25-21(27)15-7-2-1-3-8-15)22(28)24-17-10-6-11-18(26)14-17/h1-14,26H,(H,24,28)(H,25,27). The van der Waals surface area contributed by atoms with Crippen molar-refractivity contribution >= 4 is 23.6 Å². The fraction of sp³-hybridized carbons (Fsp3) is 0. The van der Waals surface area contributed by atoms with Gasteiger partial charge in [0.2, 0.25) is 0 Å². The van der Waals surface area contributed by atoms with Gasteiger partial charge in [0, 0.05) is 22.9 Å². The Morgan fingerprint density at radius 1 is 0.893 bits per heavy atom. The van der Waals surface area contributed by atoms with Gasteiger partial charge in [0.1, 0.15) is 17.3 Å². The number of rotatable bonds is 5. The molecule has 0 fully saturated rings. The quantitative estimate of drug-likeness (QED) is 0.590. The Morgan fingerprint density at radius 2 is 1.61 bits per heavy atom. The van der Waals surface area contributed by atoms with Gasteiger partial charge >= 0.3 is 0 Å². The molecule has 0 atom stereocenters. The van der Waals surface area contributed by atoms with Crippen LogP contribution in [0.4, 0.5) is 10.1 Å². The number of halogens is 1.